The third-order valence-corrected chi connectivity index (χ3v) is 4.39. The van der Waals surface area contributed by atoms with Gasteiger partial charge in [-0.1, -0.05) is 6.07 Å². The van der Waals surface area contributed by atoms with Crippen molar-refractivity contribution < 1.29 is 4.39 Å². The molecular weight excluding hydrogens is 315 g/mol. The van der Waals surface area contributed by atoms with Crippen LogP contribution >= 0.6 is 27.3 Å². The molecule has 2 nitrogen and oxygen atoms in total. The fourth-order valence-electron chi connectivity index (χ4n) is 1.58. The van der Waals surface area contributed by atoms with Gasteiger partial charge in [0.1, 0.15) is 10.8 Å². The maximum absolute atomic E-state index is 13.3. The minimum absolute atomic E-state index is 0.176. The van der Waals surface area contributed by atoms with Gasteiger partial charge in [-0.25, -0.2) is 9.37 Å². The lowest BCUT2D eigenvalue weighted by Crippen LogP contribution is -2.18. The minimum atomic E-state index is -0.230. The number of halogens is 2. The van der Waals surface area contributed by atoms with E-state index in [2.05, 4.69) is 33.2 Å². The maximum Gasteiger partial charge on any atom is 0.137 e. The Bertz CT molecular complexity index is 542. The summed E-state index contributed by atoms with van der Waals surface area (Å²) in [5.41, 5.74) is 1.97. The number of rotatable bonds is 4. The SMILES string of the molecule is Cc1csc(C(C)NCc2ccc(Br)c(F)c2)n1. The number of hydrogen-bond acceptors (Lipinski definition) is 3. The lowest BCUT2D eigenvalue weighted by atomic mass is 10.2. The van der Waals surface area contributed by atoms with Crippen molar-refractivity contribution in [1.29, 1.82) is 0 Å². The molecule has 1 heterocycles. The van der Waals surface area contributed by atoms with E-state index in [0.717, 1.165) is 16.3 Å². The summed E-state index contributed by atoms with van der Waals surface area (Å²) < 4.78 is 13.8. The first-order chi connectivity index (χ1) is 8.56. The molecule has 0 aliphatic carbocycles. The fraction of sp³-hybridized carbons (Fsp3) is 0.308. The molecule has 1 unspecified atom stereocenters. The number of nitrogens with zero attached hydrogens (tertiary/aromatic N) is 1. The molecule has 0 fully saturated rings. The zero-order valence-electron chi connectivity index (χ0n) is 10.2. The highest BCUT2D eigenvalue weighted by atomic mass is 79.9. The Morgan fingerprint density at radius 1 is 1.50 bits per heavy atom. The highest BCUT2D eigenvalue weighted by Gasteiger charge is 2.09. The quantitative estimate of drug-likeness (QED) is 0.909. The van der Waals surface area contributed by atoms with E-state index >= 15 is 0 Å². The lowest BCUT2D eigenvalue weighted by molar-refractivity contribution is 0.565. The molecule has 0 amide bonds. The predicted molar refractivity (Wildman–Crippen MR) is 76.2 cm³/mol. The highest BCUT2D eigenvalue weighted by Crippen LogP contribution is 2.19. The topological polar surface area (TPSA) is 24.9 Å². The molecule has 1 aromatic carbocycles. The number of benzene rings is 1. The zero-order valence-corrected chi connectivity index (χ0v) is 12.6. The summed E-state index contributed by atoms with van der Waals surface area (Å²) in [6.45, 7) is 4.67. The Labute approximate surface area is 118 Å². The van der Waals surface area contributed by atoms with Crippen molar-refractivity contribution in [1.82, 2.24) is 10.3 Å². The number of nitrogens with one attached hydrogen (secondary N) is 1. The third kappa shape index (κ3) is 3.37. The van der Waals surface area contributed by atoms with Gasteiger partial charge in [-0.05, 0) is 47.5 Å². The number of aromatic nitrogens is 1. The van der Waals surface area contributed by atoms with Gasteiger partial charge in [0.15, 0.2) is 0 Å². The number of thiazole rings is 1. The molecule has 1 N–H and O–H groups in total. The molecule has 0 aliphatic heterocycles. The number of hydrogen-bond donors (Lipinski definition) is 1. The summed E-state index contributed by atoms with van der Waals surface area (Å²) >= 11 is 4.79. The van der Waals surface area contributed by atoms with E-state index in [4.69, 9.17) is 0 Å². The van der Waals surface area contributed by atoms with Crippen LogP contribution in [0.4, 0.5) is 4.39 Å². The van der Waals surface area contributed by atoms with E-state index in [1.54, 1.807) is 17.4 Å². The summed E-state index contributed by atoms with van der Waals surface area (Å²) in [5, 5.41) is 6.44. The Morgan fingerprint density at radius 3 is 2.89 bits per heavy atom. The summed E-state index contributed by atoms with van der Waals surface area (Å²) in [5.74, 6) is -0.230. The molecule has 18 heavy (non-hydrogen) atoms. The van der Waals surface area contributed by atoms with Crippen molar-refractivity contribution in [3.8, 4) is 0 Å². The highest BCUT2D eigenvalue weighted by molar-refractivity contribution is 9.10. The second-order valence-corrected chi connectivity index (χ2v) is 5.92. The summed E-state index contributed by atoms with van der Waals surface area (Å²) in [7, 11) is 0. The Morgan fingerprint density at radius 2 is 2.28 bits per heavy atom. The van der Waals surface area contributed by atoms with Gasteiger partial charge >= 0.3 is 0 Å². The van der Waals surface area contributed by atoms with E-state index in [1.807, 2.05) is 18.4 Å². The monoisotopic (exact) mass is 328 g/mol. The van der Waals surface area contributed by atoms with Crippen LogP contribution in [0.3, 0.4) is 0 Å². The van der Waals surface area contributed by atoms with Crippen LogP contribution < -0.4 is 5.32 Å². The first-order valence-electron chi connectivity index (χ1n) is 5.65. The molecule has 0 bridgehead atoms. The predicted octanol–water partition coefficient (Wildman–Crippen LogP) is 4.20. The third-order valence-electron chi connectivity index (χ3n) is 2.60. The molecule has 2 rings (SSSR count). The molecular formula is C13H14BrFN2S. The minimum Gasteiger partial charge on any atom is -0.304 e. The molecule has 0 aliphatic rings. The Hall–Kier alpha value is -0.780. The summed E-state index contributed by atoms with van der Waals surface area (Å²) in [4.78, 5) is 4.43. The van der Waals surface area contributed by atoms with Crippen molar-refractivity contribution >= 4 is 27.3 Å². The van der Waals surface area contributed by atoms with Crippen molar-refractivity contribution in [2.75, 3.05) is 0 Å². The standard InChI is InChI=1S/C13H14BrFN2S/c1-8-7-18-13(17-8)9(2)16-6-10-3-4-11(14)12(15)5-10/h3-5,7,9,16H,6H2,1-2H3. The lowest BCUT2D eigenvalue weighted by Gasteiger charge is -2.11. The van der Waals surface area contributed by atoms with Crippen molar-refractivity contribution in [3.63, 3.8) is 0 Å². The van der Waals surface area contributed by atoms with Crippen LogP contribution in [-0.4, -0.2) is 4.98 Å². The first kappa shape index (κ1) is 13.6. The van der Waals surface area contributed by atoms with Gasteiger partial charge in [0.2, 0.25) is 0 Å². The molecule has 0 saturated heterocycles. The fourth-order valence-corrected chi connectivity index (χ4v) is 2.65. The van der Waals surface area contributed by atoms with Crippen molar-refractivity contribution in [3.05, 3.63) is 50.1 Å². The molecule has 0 spiro atoms. The van der Waals surface area contributed by atoms with Crippen LogP contribution in [0.5, 0.6) is 0 Å². The van der Waals surface area contributed by atoms with Crippen LogP contribution in [0.15, 0.2) is 28.1 Å². The second-order valence-electron chi connectivity index (χ2n) is 4.18. The van der Waals surface area contributed by atoms with E-state index in [1.165, 1.54) is 6.07 Å². The molecule has 96 valence electrons. The van der Waals surface area contributed by atoms with E-state index in [0.29, 0.717) is 11.0 Å². The van der Waals surface area contributed by atoms with E-state index in [-0.39, 0.29) is 11.9 Å². The van der Waals surface area contributed by atoms with Gasteiger partial charge < -0.3 is 5.32 Å². The van der Waals surface area contributed by atoms with Crippen LogP contribution in [0.1, 0.15) is 29.2 Å². The van der Waals surface area contributed by atoms with Crippen LogP contribution in [0.2, 0.25) is 0 Å². The van der Waals surface area contributed by atoms with Gasteiger partial charge in [0.25, 0.3) is 0 Å². The van der Waals surface area contributed by atoms with Crippen LogP contribution in [-0.2, 0) is 6.54 Å². The molecule has 5 heteroatoms. The average Bonchev–Trinajstić information content (AvgIpc) is 2.77. The van der Waals surface area contributed by atoms with Crippen molar-refractivity contribution in [2.24, 2.45) is 0 Å². The van der Waals surface area contributed by atoms with Gasteiger partial charge in [-0.3, -0.25) is 0 Å². The normalized spacial score (nSPS) is 12.7. The molecule has 2 aromatic rings. The first-order valence-corrected chi connectivity index (χ1v) is 7.33. The molecule has 1 aromatic heterocycles. The smallest absolute Gasteiger partial charge is 0.137 e. The van der Waals surface area contributed by atoms with E-state index < -0.39 is 0 Å². The molecule has 0 saturated carbocycles. The largest absolute Gasteiger partial charge is 0.304 e. The van der Waals surface area contributed by atoms with Crippen LogP contribution in [0, 0.1) is 12.7 Å². The van der Waals surface area contributed by atoms with Gasteiger partial charge in [0, 0.05) is 17.6 Å². The van der Waals surface area contributed by atoms with Gasteiger partial charge in [-0.2, -0.15) is 0 Å². The Balaban J connectivity index is 1.97. The number of aryl methyl sites for hydroxylation is 1. The van der Waals surface area contributed by atoms with E-state index in [9.17, 15) is 4.39 Å². The Kier molecular flexibility index (Phi) is 4.48. The molecule has 0 radical (unpaired) electrons. The summed E-state index contributed by atoms with van der Waals surface area (Å²) in [6, 6.07) is 5.34. The average molecular weight is 329 g/mol. The zero-order chi connectivity index (χ0) is 13.1. The second kappa shape index (κ2) is 5.91. The maximum atomic E-state index is 13.3. The van der Waals surface area contributed by atoms with Gasteiger partial charge in [0.05, 0.1) is 10.5 Å². The summed E-state index contributed by atoms with van der Waals surface area (Å²) in [6.07, 6.45) is 0. The van der Waals surface area contributed by atoms with Gasteiger partial charge in [-0.15, -0.1) is 11.3 Å². The van der Waals surface area contributed by atoms with Crippen LogP contribution in [0.25, 0.3) is 0 Å². The van der Waals surface area contributed by atoms with Crippen molar-refractivity contribution in [2.45, 2.75) is 26.4 Å². The molecule has 1 atom stereocenters.